The van der Waals surface area contributed by atoms with E-state index in [2.05, 4.69) is 40.6 Å². The van der Waals surface area contributed by atoms with Crippen molar-refractivity contribution in [1.82, 2.24) is 10.3 Å². The van der Waals surface area contributed by atoms with Gasteiger partial charge in [-0.25, -0.2) is 4.98 Å². The van der Waals surface area contributed by atoms with Crippen LogP contribution in [0.15, 0.2) is 24.3 Å². The quantitative estimate of drug-likeness (QED) is 0.730. The van der Waals surface area contributed by atoms with Crippen LogP contribution in [0.25, 0.3) is 10.4 Å². The van der Waals surface area contributed by atoms with Gasteiger partial charge in [-0.1, -0.05) is 25.0 Å². The van der Waals surface area contributed by atoms with Gasteiger partial charge >= 0.3 is 0 Å². The van der Waals surface area contributed by atoms with E-state index in [-0.39, 0.29) is 17.7 Å². The van der Waals surface area contributed by atoms with E-state index < -0.39 is 5.54 Å². The molecule has 3 fully saturated rings. The highest BCUT2D eigenvalue weighted by Gasteiger charge is 2.47. The summed E-state index contributed by atoms with van der Waals surface area (Å²) >= 11 is 1.72. The molecule has 2 heterocycles. The Kier molecular flexibility index (Phi) is 5.92. The highest BCUT2D eigenvalue weighted by atomic mass is 32.1. The molecule has 0 radical (unpaired) electrons. The van der Waals surface area contributed by atoms with Crippen LogP contribution in [0.4, 0.5) is 5.69 Å². The fourth-order valence-corrected chi connectivity index (χ4v) is 6.03. The number of benzene rings is 1. The maximum atomic E-state index is 13.2. The van der Waals surface area contributed by atoms with Gasteiger partial charge in [0.1, 0.15) is 5.54 Å². The molecule has 32 heavy (non-hydrogen) atoms. The predicted molar refractivity (Wildman–Crippen MR) is 126 cm³/mol. The highest BCUT2D eigenvalue weighted by molar-refractivity contribution is 7.15. The first-order valence-corrected chi connectivity index (χ1v) is 12.5. The summed E-state index contributed by atoms with van der Waals surface area (Å²) in [5, 5.41) is 13.5. The topological polar surface area (TPSA) is 78.2 Å². The van der Waals surface area contributed by atoms with E-state index in [4.69, 9.17) is 9.72 Å². The molecule has 1 aromatic carbocycles. The molecule has 1 saturated heterocycles. The second kappa shape index (κ2) is 8.84. The number of carbonyl (C=O) groups excluding carboxylic acids is 1. The van der Waals surface area contributed by atoms with Crippen LogP contribution in [0.5, 0.6) is 0 Å². The van der Waals surface area contributed by atoms with Gasteiger partial charge in [-0.05, 0) is 50.3 Å². The Hall–Kier alpha value is -2.43. The zero-order valence-corrected chi connectivity index (χ0v) is 19.4. The summed E-state index contributed by atoms with van der Waals surface area (Å²) in [5.74, 6) is 0.0348. The molecule has 2 atom stereocenters. The van der Waals surface area contributed by atoms with Crippen molar-refractivity contribution in [2.45, 2.75) is 56.9 Å². The number of amides is 1. The number of hydrogen-bond donors (Lipinski definition) is 1. The summed E-state index contributed by atoms with van der Waals surface area (Å²) in [6, 6.07) is 11.0. The molecule has 7 heteroatoms. The van der Waals surface area contributed by atoms with Gasteiger partial charge in [0.05, 0.1) is 34.9 Å². The Balaban J connectivity index is 1.40. The first-order chi connectivity index (χ1) is 15.6. The normalized spacial score (nSPS) is 24.6. The van der Waals surface area contributed by atoms with Gasteiger partial charge in [0.15, 0.2) is 0 Å². The maximum absolute atomic E-state index is 13.2. The van der Waals surface area contributed by atoms with Crippen molar-refractivity contribution in [3.8, 4) is 16.5 Å². The zero-order chi connectivity index (χ0) is 22.1. The lowest BCUT2D eigenvalue weighted by atomic mass is 9.76. The van der Waals surface area contributed by atoms with Crippen LogP contribution in [0.2, 0.25) is 0 Å². The number of nitriles is 1. The number of aromatic nitrogens is 1. The van der Waals surface area contributed by atoms with Crippen LogP contribution in [-0.2, 0) is 9.53 Å². The predicted octanol–water partition coefficient (Wildman–Crippen LogP) is 4.40. The summed E-state index contributed by atoms with van der Waals surface area (Å²) in [7, 11) is 0. The Morgan fingerprint density at radius 1 is 1.22 bits per heavy atom. The fraction of sp³-hybridized carbons (Fsp3) is 0.560. The largest absolute Gasteiger partial charge is 0.378 e. The van der Waals surface area contributed by atoms with E-state index in [1.54, 1.807) is 11.3 Å². The molecule has 0 bridgehead atoms. The minimum Gasteiger partial charge on any atom is -0.378 e. The van der Waals surface area contributed by atoms with E-state index in [0.29, 0.717) is 0 Å². The van der Waals surface area contributed by atoms with Crippen molar-refractivity contribution in [3.63, 3.8) is 0 Å². The molecular weight excluding hydrogens is 420 g/mol. The molecule has 6 nitrogen and oxygen atoms in total. The van der Waals surface area contributed by atoms with Crippen molar-refractivity contribution >= 4 is 22.9 Å². The Labute approximate surface area is 193 Å². The molecule has 2 aromatic rings. The maximum Gasteiger partial charge on any atom is 0.225 e. The monoisotopic (exact) mass is 450 g/mol. The average Bonchev–Trinajstić information content (AvgIpc) is 3.51. The SMILES string of the molecule is Cc1nc([C@@H]2CCCC[C@H]2C(=O)NC2(C#N)CC2)c(-c2ccc(N3CCOCC3)cc2)s1. The Morgan fingerprint density at radius 3 is 2.62 bits per heavy atom. The first kappa shape index (κ1) is 21.4. The van der Waals surface area contributed by atoms with Crippen molar-refractivity contribution in [2.75, 3.05) is 31.2 Å². The highest BCUT2D eigenvalue weighted by Crippen LogP contribution is 2.45. The lowest BCUT2D eigenvalue weighted by molar-refractivity contribution is -0.127. The summed E-state index contributed by atoms with van der Waals surface area (Å²) in [5.41, 5.74) is 2.84. The number of morpholine rings is 1. The molecule has 0 unspecified atom stereocenters. The lowest BCUT2D eigenvalue weighted by Gasteiger charge is -2.31. The molecule has 2 saturated carbocycles. The van der Waals surface area contributed by atoms with Gasteiger partial charge in [-0.15, -0.1) is 11.3 Å². The van der Waals surface area contributed by atoms with Crippen molar-refractivity contribution in [3.05, 3.63) is 35.0 Å². The third-order valence-corrected chi connectivity index (χ3v) is 8.08. The molecule has 5 rings (SSSR count). The summed E-state index contributed by atoms with van der Waals surface area (Å²) in [6.45, 7) is 5.45. The number of aryl methyl sites for hydroxylation is 1. The number of hydrogen-bond acceptors (Lipinski definition) is 6. The van der Waals surface area contributed by atoms with Crippen LogP contribution >= 0.6 is 11.3 Å². The van der Waals surface area contributed by atoms with E-state index in [0.717, 1.165) is 75.5 Å². The van der Waals surface area contributed by atoms with Crippen LogP contribution in [0.1, 0.15) is 55.1 Å². The molecule has 1 aliphatic heterocycles. The van der Waals surface area contributed by atoms with Crippen molar-refractivity contribution in [2.24, 2.45) is 5.92 Å². The molecule has 2 aliphatic carbocycles. The summed E-state index contributed by atoms with van der Waals surface area (Å²) in [4.78, 5) is 21.6. The standard InChI is InChI=1S/C25H30N4O2S/c1-17-27-22(20-4-2-3-5-21(20)24(30)28-25(16-26)10-11-25)23(32-17)18-6-8-19(9-7-18)29-12-14-31-15-13-29/h6-9,20-21H,2-5,10-15H2,1H3,(H,28,30)/t20-,21-/m1/s1. The smallest absolute Gasteiger partial charge is 0.225 e. The molecule has 1 N–H and O–H groups in total. The molecule has 0 spiro atoms. The van der Waals surface area contributed by atoms with E-state index in [9.17, 15) is 10.1 Å². The Bertz CT molecular complexity index is 1020. The lowest BCUT2D eigenvalue weighted by Crippen LogP contribution is -2.42. The number of anilines is 1. The number of nitrogens with one attached hydrogen (secondary N) is 1. The third-order valence-electron chi connectivity index (χ3n) is 7.05. The number of rotatable bonds is 5. The zero-order valence-electron chi connectivity index (χ0n) is 18.6. The van der Waals surface area contributed by atoms with E-state index in [1.807, 2.05) is 6.92 Å². The number of ether oxygens (including phenoxy) is 1. The number of carbonyl (C=O) groups is 1. The van der Waals surface area contributed by atoms with Gasteiger partial charge in [0.25, 0.3) is 0 Å². The van der Waals surface area contributed by atoms with Crippen molar-refractivity contribution in [1.29, 1.82) is 5.26 Å². The van der Waals surface area contributed by atoms with Crippen molar-refractivity contribution < 1.29 is 9.53 Å². The molecular formula is C25H30N4O2S. The van der Waals surface area contributed by atoms with Gasteiger partial charge < -0.3 is 15.0 Å². The number of nitrogens with zero attached hydrogens (tertiary/aromatic N) is 3. The third kappa shape index (κ3) is 4.26. The van der Waals surface area contributed by atoms with E-state index in [1.165, 1.54) is 16.1 Å². The summed E-state index contributed by atoms with van der Waals surface area (Å²) in [6.07, 6.45) is 5.54. The number of thiazole rings is 1. The minimum atomic E-state index is -0.616. The second-order valence-electron chi connectivity index (χ2n) is 9.27. The van der Waals surface area contributed by atoms with Crippen LogP contribution < -0.4 is 10.2 Å². The minimum absolute atomic E-state index is 0.0352. The Morgan fingerprint density at radius 2 is 1.94 bits per heavy atom. The van der Waals surface area contributed by atoms with Gasteiger partial charge in [-0.2, -0.15) is 5.26 Å². The van der Waals surface area contributed by atoms with Gasteiger partial charge in [0.2, 0.25) is 5.91 Å². The van der Waals surface area contributed by atoms with Crippen LogP contribution in [0.3, 0.4) is 0 Å². The van der Waals surface area contributed by atoms with Gasteiger partial charge in [0, 0.05) is 30.6 Å². The molecule has 1 aromatic heterocycles. The second-order valence-corrected chi connectivity index (χ2v) is 10.5. The molecule has 168 valence electrons. The first-order valence-electron chi connectivity index (χ1n) is 11.7. The molecule has 3 aliphatic rings. The molecule has 1 amide bonds. The van der Waals surface area contributed by atoms with E-state index >= 15 is 0 Å². The van der Waals surface area contributed by atoms with Crippen LogP contribution in [-0.4, -0.2) is 42.7 Å². The van der Waals surface area contributed by atoms with Gasteiger partial charge in [-0.3, -0.25) is 4.79 Å². The average molecular weight is 451 g/mol. The fourth-order valence-electron chi connectivity index (χ4n) is 5.04. The summed E-state index contributed by atoms with van der Waals surface area (Å²) < 4.78 is 5.47. The van der Waals surface area contributed by atoms with Crippen LogP contribution in [0, 0.1) is 24.2 Å².